The summed E-state index contributed by atoms with van der Waals surface area (Å²) in [6, 6.07) is 3.78. The van der Waals surface area contributed by atoms with E-state index in [0.717, 1.165) is 43.5 Å². The van der Waals surface area contributed by atoms with Crippen molar-refractivity contribution in [1.29, 1.82) is 0 Å². The van der Waals surface area contributed by atoms with E-state index in [1.165, 1.54) is 0 Å². The SMILES string of the molecule is O=[N+]([O-])c1nc([N+](=O)[O-])c2c3c(c(NCc4cc(F)c(F)c(F)c4)nc2n1)CCCC3.O=[N+]([O-])c1nc([N+](=O)[O-])c2c3c(c(NCc4cc(F)cc(C(F)(F)F)c4)nc2n1)CCCC3. The number of pyridine rings is 2. The van der Waals surface area contributed by atoms with Crippen molar-refractivity contribution in [2.45, 2.75) is 70.6 Å². The normalized spacial score (nSPS) is 13.4. The van der Waals surface area contributed by atoms with Crippen molar-refractivity contribution in [1.82, 2.24) is 29.9 Å². The Bertz CT molecular complexity index is 2920. The number of hydrogen-bond acceptors (Lipinski definition) is 16. The van der Waals surface area contributed by atoms with E-state index in [9.17, 15) is 71.2 Å². The predicted molar refractivity (Wildman–Crippen MR) is 207 cm³/mol. The highest BCUT2D eigenvalue weighted by molar-refractivity contribution is 5.91. The summed E-state index contributed by atoms with van der Waals surface area (Å²) in [5.74, 6) is -8.32. The molecule has 0 fully saturated rings. The van der Waals surface area contributed by atoms with Crippen molar-refractivity contribution in [2.24, 2.45) is 0 Å². The number of nitro groups is 4. The zero-order chi connectivity index (χ0) is 46.2. The first-order chi connectivity index (χ1) is 30.3. The summed E-state index contributed by atoms with van der Waals surface area (Å²) in [6.45, 7) is -0.366. The smallest absolute Gasteiger partial charge is 0.389 e. The average Bonchev–Trinajstić information content (AvgIpc) is 3.25. The minimum absolute atomic E-state index is 0.00374. The molecule has 2 aromatic carbocycles. The van der Waals surface area contributed by atoms with Gasteiger partial charge in [0.05, 0.1) is 5.56 Å². The molecule has 2 aliphatic carbocycles. The van der Waals surface area contributed by atoms with Gasteiger partial charge in [-0.05, 0) is 145 Å². The number of nitrogens with zero attached hydrogens (tertiary/aromatic N) is 10. The maximum Gasteiger partial charge on any atom is 0.511 e. The Morgan fingerprint density at radius 1 is 0.531 bits per heavy atom. The maximum atomic E-state index is 13.7. The van der Waals surface area contributed by atoms with Crippen molar-refractivity contribution in [3.63, 3.8) is 0 Å². The highest BCUT2D eigenvalue weighted by atomic mass is 19.4. The Kier molecular flexibility index (Phi) is 12.1. The summed E-state index contributed by atoms with van der Waals surface area (Å²) in [7, 11) is 0. The number of nitrogens with one attached hydrogen (secondary N) is 2. The molecule has 2 aliphatic rings. The van der Waals surface area contributed by atoms with Crippen LogP contribution in [0.3, 0.4) is 0 Å². The van der Waals surface area contributed by atoms with Gasteiger partial charge in [-0.2, -0.15) is 23.1 Å². The summed E-state index contributed by atoms with van der Waals surface area (Å²) in [5, 5.41) is 51.0. The van der Waals surface area contributed by atoms with Crippen LogP contribution in [0.5, 0.6) is 0 Å². The molecular formula is C37H27F7N12O8. The van der Waals surface area contributed by atoms with E-state index in [2.05, 4.69) is 40.5 Å². The standard InChI is InChI=1S/C19H14F4N6O4.C18H13F3N6O4/c20-11-6-9(5-10(7-11)19(21,22)23)8-24-15-13-4-2-1-3-12(13)14-16(25-15)26-18(29(32)33)27-17(14)28(30)31;19-11-5-8(6-12(20)14(11)21)7-22-15-10-4-2-1-3-9(10)13-16(23-15)24-18(27(30)31)25-17(13)26(28)29/h5-7H,1-4,8H2,(H,24,25,26,27);5-6H,1-4,7H2,(H,22,23,24,25). The third-order valence-corrected chi connectivity index (χ3v) is 10.2. The van der Waals surface area contributed by atoms with E-state index < -0.39 is 78.2 Å². The summed E-state index contributed by atoms with van der Waals surface area (Å²) in [4.78, 5) is 64.5. The zero-order valence-corrected chi connectivity index (χ0v) is 32.3. The van der Waals surface area contributed by atoms with Crippen molar-refractivity contribution in [3.8, 4) is 0 Å². The summed E-state index contributed by atoms with van der Waals surface area (Å²) in [6.07, 6.45) is 0.0320. The Morgan fingerprint density at radius 3 is 1.33 bits per heavy atom. The molecule has 0 unspecified atom stereocenters. The molecule has 0 saturated carbocycles. The van der Waals surface area contributed by atoms with Gasteiger partial charge in [0.1, 0.15) is 28.2 Å². The molecule has 64 heavy (non-hydrogen) atoms. The zero-order valence-electron chi connectivity index (χ0n) is 32.3. The molecule has 0 amide bonds. The fourth-order valence-corrected chi connectivity index (χ4v) is 7.50. The largest absolute Gasteiger partial charge is 0.511 e. The summed E-state index contributed by atoms with van der Waals surface area (Å²) >= 11 is 0. The number of anilines is 2. The maximum absolute atomic E-state index is 13.7. The van der Waals surface area contributed by atoms with E-state index in [4.69, 9.17) is 0 Å². The first kappa shape index (κ1) is 44.2. The van der Waals surface area contributed by atoms with Crippen LogP contribution in [-0.2, 0) is 44.9 Å². The molecule has 8 rings (SSSR count). The number of alkyl halides is 3. The van der Waals surface area contributed by atoms with Gasteiger partial charge in [0, 0.05) is 23.1 Å². The average molecular weight is 901 g/mol. The van der Waals surface area contributed by atoms with Crippen LogP contribution in [0.2, 0.25) is 0 Å². The molecule has 4 aromatic heterocycles. The molecule has 27 heteroatoms. The molecule has 6 aromatic rings. The molecule has 4 heterocycles. The van der Waals surface area contributed by atoms with Gasteiger partial charge in [-0.3, -0.25) is 0 Å². The predicted octanol–water partition coefficient (Wildman–Crippen LogP) is 8.24. The number of benzene rings is 2. The van der Waals surface area contributed by atoms with Crippen molar-refractivity contribution < 1.29 is 50.4 Å². The van der Waals surface area contributed by atoms with E-state index in [-0.39, 0.29) is 57.9 Å². The number of fused-ring (bicyclic) bond motifs is 6. The van der Waals surface area contributed by atoms with Crippen LogP contribution in [0, 0.1) is 63.7 Å². The van der Waals surface area contributed by atoms with E-state index >= 15 is 0 Å². The molecule has 0 atom stereocenters. The van der Waals surface area contributed by atoms with Gasteiger partial charge in [-0.1, -0.05) is 0 Å². The number of aromatic nitrogens is 6. The third kappa shape index (κ3) is 9.02. The van der Waals surface area contributed by atoms with Crippen LogP contribution in [0.1, 0.15) is 64.6 Å². The summed E-state index contributed by atoms with van der Waals surface area (Å²) in [5.41, 5.74) is 0.726. The van der Waals surface area contributed by atoms with E-state index in [1.54, 1.807) is 0 Å². The number of aryl methyl sites for hydroxylation is 2. The van der Waals surface area contributed by atoms with Crippen LogP contribution < -0.4 is 10.6 Å². The Morgan fingerprint density at radius 2 is 0.938 bits per heavy atom. The van der Waals surface area contributed by atoms with Crippen LogP contribution in [0.25, 0.3) is 22.1 Å². The lowest BCUT2D eigenvalue weighted by Gasteiger charge is -2.20. The van der Waals surface area contributed by atoms with Gasteiger partial charge in [-0.25, -0.2) is 17.6 Å². The molecule has 0 radical (unpaired) electrons. The lowest BCUT2D eigenvalue weighted by atomic mass is 9.90. The lowest BCUT2D eigenvalue weighted by Crippen LogP contribution is -2.14. The molecular weight excluding hydrogens is 873 g/mol. The molecule has 0 spiro atoms. The van der Waals surface area contributed by atoms with Crippen LogP contribution in [0.4, 0.5) is 65.9 Å². The van der Waals surface area contributed by atoms with Crippen molar-refractivity contribution >= 4 is 57.2 Å². The molecule has 332 valence electrons. The van der Waals surface area contributed by atoms with Gasteiger partial charge in [0.25, 0.3) is 11.3 Å². The van der Waals surface area contributed by atoms with Crippen LogP contribution in [-0.4, -0.2) is 49.6 Å². The highest BCUT2D eigenvalue weighted by Crippen LogP contribution is 2.39. The first-order valence-corrected chi connectivity index (χ1v) is 18.8. The Balaban J connectivity index is 0.000000192. The Labute approximate surface area is 351 Å². The number of hydrogen-bond donors (Lipinski definition) is 2. The van der Waals surface area contributed by atoms with Gasteiger partial charge in [0.15, 0.2) is 17.5 Å². The molecule has 0 saturated heterocycles. The minimum atomic E-state index is -4.73. The van der Waals surface area contributed by atoms with Crippen LogP contribution in [0.15, 0.2) is 30.3 Å². The van der Waals surface area contributed by atoms with Gasteiger partial charge in [0.2, 0.25) is 0 Å². The lowest BCUT2D eigenvalue weighted by molar-refractivity contribution is -0.405. The van der Waals surface area contributed by atoms with E-state index in [1.807, 2.05) is 0 Å². The monoisotopic (exact) mass is 900 g/mol. The quantitative estimate of drug-likeness (QED) is 0.0566. The number of halogens is 7. The Hall–Kier alpha value is -7.87. The fourth-order valence-electron chi connectivity index (χ4n) is 7.50. The van der Waals surface area contributed by atoms with Crippen LogP contribution >= 0.6 is 0 Å². The third-order valence-electron chi connectivity index (χ3n) is 10.2. The second-order valence-electron chi connectivity index (χ2n) is 14.3. The minimum Gasteiger partial charge on any atom is -0.389 e. The van der Waals surface area contributed by atoms with Crippen molar-refractivity contribution in [2.75, 3.05) is 10.6 Å². The second kappa shape index (κ2) is 17.5. The number of rotatable bonds is 10. The van der Waals surface area contributed by atoms with Crippen molar-refractivity contribution in [3.05, 3.63) is 133 Å². The molecule has 20 nitrogen and oxygen atoms in total. The van der Waals surface area contributed by atoms with E-state index in [0.29, 0.717) is 60.4 Å². The highest BCUT2D eigenvalue weighted by Gasteiger charge is 2.34. The fraction of sp³-hybridized carbons (Fsp3) is 0.297. The topological polar surface area (TPSA) is 274 Å². The first-order valence-electron chi connectivity index (χ1n) is 18.8. The molecule has 2 N–H and O–H groups in total. The molecule has 0 bridgehead atoms. The second-order valence-corrected chi connectivity index (χ2v) is 14.3. The summed E-state index contributed by atoms with van der Waals surface area (Å²) < 4.78 is 92.8. The van der Waals surface area contributed by atoms with Gasteiger partial charge < -0.3 is 51.1 Å². The van der Waals surface area contributed by atoms with Gasteiger partial charge in [-0.15, -0.1) is 0 Å². The molecule has 0 aliphatic heterocycles. The van der Waals surface area contributed by atoms with Gasteiger partial charge >= 0.3 is 29.7 Å².